The maximum atomic E-state index is 13.9. The van der Waals surface area contributed by atoms with Gasteiger partial charge in [-0.25, -0.2) is 19.3 Å². The van der Waals surface area contributed by atoms with E-state index in [2.05, 4.69) is 20.2 Å². The van der Waals surface area contributed by atoms with Crippen molar-refractivity contribution in [3.05, 3.63) is 83.6 Å². The van der Waals surface area contributed by atoms with Gasteiger partial charge in [-0.1, -0.05) is 18.2 Å². The standard InChI is InChI=1S/C30H28FN7O/c1-18-3-2-4-20-17-32-30(36-26(18)20)33-22-15-24(27-25(16-22)34-28(35-27)19-5-6-19)29(39)38-13-11-37(12-14-38)23-9-7-21(31)8-10-23/h2-4,7-10,15-17,19H,5-6,11-14H2,1H3,(H,34,35)(H,32,33,36). The Morgan fingerprint density at radius 1 is 1.00 bits per heavy atom. The number of imidazole rings is 1. The van der Waals surface area contributed by atoms with Crippen LogP contribution in [0.4, 0.5) is 21.7 Å². The molecule has 2 N–H and O–H groups in total. The lowest BCUT2D eigenvalue weighted by atomic mass is 10.1. The molecule has 2 aromatic heterocycles. The summed E-state index contributed by atoms with van der Waals surface area (Å²) in [7, 11) is 0. The summed E-state index contributed by atoms with van der Waals surface area (Å²) in [5.41, 5.74) is 5.75. The highest BCUT2D eigenvalue weighted by atomic mass is 19.1. The van der Waals surface area contributed by atoms with E-state index < -0.39 is 0 Å². The zero-order valence-corrected chi connectivity index (χ0v) is 21.6. The van der Waals surface area contributed by atoms with E-state index in [4.69, 9.17) is 9.97 Å². The Morgan fingerprint density at radius 2 is 1.79 bits per heavy atom. The van der Waals surface area contributed by atoms with Crippen LogP contribution >= 0.6 is 0 Å². The molecule has 5 aromatic rings. The van der Waals surface area contributed by atoms with Crippen LogP contribution < -0.4 is 10.2 Å². The summed E-state index contributed by atoms with van der Waals surface area (Å²) >= 11 is 0. The predicted molar refractivity (Wildman–Crippen MR) is 150 cm³/mol. The molecule has 0 unspecified atom stereocenters. The van der Waals surface area contributed by atoms with E-state index in [1.165, 1.54) is 12.1 Å². The van der Waals surface area contributed by atoms with Crippen LogP contribution in [0.15, 0.2) is 60.8 Å². The maximum Gasteiger partial charge on any atom is 0.256 e. The summed E-state index contributed by atoms with van der Waals surface area (Å²) in [4.78, 5) is 35.5. The van der Waals surface area contributed by atoms with Gasteiger partial charge >= 0.3 is 0 Å². The first-order valence-electron chi connectivity index (χ1n) is 13.3. The van der Waals surface area contributed by atoms with E-state index >= 15 is 0 Å². The second-order valence-electron chi connectivity index (χ2n) is 10.4. The number of hydrogen-bond donors (Lipinski definition) is 2. The minimum Gasteiger partial charge on any atom is -0.368 e. The van der Waals surface area contributed by atoms with E-state index in [1.807, 2.05) is 48.4 Å². The van der Waals surface area contributed by atoms with Crippen molar-refractivity contribution in [2.75, 3.05) is 36.4 Å². The topological polar surface area (TPSA) is 90.0 Å². The maximum absolute atomic E-state index is 13.9. The Kier molecular flexibility index (Phi) is 5.65. The molecule has 1 saturated carbocycles. The first kappa shape index (κ1) is 23.6. The van der Waals surface area contributed by atoms with Gasteiger partial charge in [-0.2, -0.15) is 0 Å². The number of benzene rings is 3. The number of aryl methyl sites for hydroxylation is 1. The molecular formula is C30H28FN7O. The molecule has 3 aromatic carbocycles. The van der Waals surface area contributed by atoms with Crippen LogP contribution in [-0.4, -0.2) is 56.9 Å². The third-order valence-electron chi connectivity index (χ3n) is 7.63. The van der Waals surface area contributed by atoms with Crippen LogP contribution in [0.25, 0.3) is 21.9 Å². The molecule has 8 nitrogen and oxygen atoms in total. The van der Waals surface area contributed by atoms with Gasteiger partial charge in [0.1, 0.15) is 17.2 Å². The number of anilines is 3. The number of rotatable bonds is 5. The quantitative estimate of drug-likeness (QED) is 0.316. The average molecular weight is 522 g/mol. The lowest BCUT2D eigenvalue weighted by Gasteiger charge is -2.36. The van der Waals surface area contributed by atoms with Crippen LogP contribution in [0.1, 0.15) is 40.5 Å². The SMILES string of the molecule is Cc1cccc2cnc(Nc3cc(C(=O)N4CCN(c5ccc(F)cc5)CC4)c4nc(C5CC5)[nH]c4c3)nc12. The fourth-order valence-electron chi connectivity index (χ4n) is 5.31. The number of carbonyl (C=O) groups excluding carboxylic acids is 1. The van der Waals surface area contributed by atoms with Gasteiger partial charge < -0.3 is 20.1 Å². The lowest BCUT2D eigenvalue weighted by Crippen LogP contribution is -2.48. The van der Waals surface area contributed by atoms with Gasteiger partial charge in [0.15, 0.2) is 0 Å². The highest BCUT2D eigenvalue weighted by Gasteiger charge is 2.29. The van der Waals surface area contributed by atoms with Crippen LogP contribution in [0, 0.1) is 12.7 Å². The van der Waals surface area contributed by atoms with Gasteiger partial charge in [-0.05, 0) is 61.7 Å². The van der Waals surface area contributed by atoms with Gasteiger partial charge in [0, 0.05) is 55.1 Å². The number of aromatic nitrogens is 4. The van der Waals surface area contributed by atoms with Crippen molar-refractivity contribution in [2.45, 2.75) is 25.7 Å². The molecule has 0 radical (unpaired) electrons. The second kappa shape index (κ2) is 9.34. The average Bonchev–Trinajstić information content (AvgIpc) is 3.72. The van der Waals surface area contributed by atoms with Gasteiger partial charge in [0.2, 0.25) is 5.95 Å². The largest absolute Gasteiger partial charge is 0.368 e. The van der Waals surface area contributed by atoms with E-state index in [1.54, 1.807) is 12.1 Å². The molecule has 39 heavy (non-hydrogen) atoms. The van der Waals surface area contributed by atoms with E-state index in [0.29, 0.717) is 49.1 Å². The molecule has 196 valence electrons. The van der Waals surface area contributed by atoms with Crippen LogP contribution in [0.2, 0.25) is 0 Å². The zero-order chi connectivity index (χ0) is 26.5. The number of H-pyrrole nitrogens is 1. The molecule has 2 fully saturated rings. The summed E-state index contributed by atoms with van der Waals surface area (Å²) in [6.45, 7) is 4.53. The zero-order valence-electron chi connectivity index (χ0n) is 21.6. The summed E-state index contributed by atoms with van der Waals surface area (Å²) < 4.78 is 13.4. The molecule has 0 bridgehead atoms. The van der Waals surface area contributed by atoms with Crippen LogP contribution in [0.3, 0.4) is 0 Å². The Hall–Kier alpha value is -4.53. The summed E-state index contributed by atoms with van der Waals surface area (Å²) in [5, 5.41) is 4.30. The third kappa shape index (κ3) is 4.54. The molecule has 3 heterocycles. The van der Waals surface area contributed by atoms with E-state index in [-0.39, 0.29) is 11.7 Å². The summed E-state index contributed by atoms with van der Waals surface area (Å²) in [5.74, 6) is 1.55. The van der Waals surface area contributed by atoms with Crippen LogP contribution in [-0.2, 0) is 0 Å². The van der Waals surface area contributed by atoms with Crippen molar-refractivity contribution in [2.24, 2.45) is 0 Å². The fraction of sp³-hybridized carbons (Fsp3) is 0.267. The number of para-hydroxylation sites is 1. The van der Waals surface area contributed by atoms with Crippen molar-refractivity contribution in [1.29, 1.82) is 0 Å². The van der Waals surface area contributed by atoms with Crippen molar-refractivity contribution in [1.82, 2.24) is 24.8 Å². The number of nitrogens with zero attached hydrogens (tertiary/aromatic N) is 5. The molecule has 2 aliphatic rings. The number of nitrogens with one attached hydrogen (secondary N) is 2. The molecule has 1 saturated heterocycles. The van der Waals surface area contributed by atoms with Crippen molar-refractivity contribution in [3.8, 4) is 0 Å². The summed E-state index contributed by atoms with van der Waals surface area (Å²) in [6, 6.07) is 16.4. The molecule has 9 heteroatoms. The van der Waals surface area contributed by atoms with Crippen molar-refractivity contribution >= 4 is 45.2 Å². The number of hydrogen-bond acceptors (Lipinski definition) is 6. The number of carbonyl (C=O) groups is 1. The Balaban J connectivity index is 1.18. The summed E-state index contributed by atoms with van der Waals surface area (Å²) in [6.07, 6.45) is 4.04. The van der Waals surface area contributed by atoms with E-state index in [0.717, 1.165) is 52.0 Å². The molecule has 1 aliphatic carbocycles. The molecular weight excluding hydrogens is 493 g/mol. The normalized spacial score (nSPS) is 15.7. The van der Waals surface area contributed by atoms with Crippen molar-refractivity contribution in [3.63, 3.8) is 0 Å². The van der Waals surface area contributed by atoms with Crippen LogP contribution in [0.5, 0.6) is 0 Å². The number of halogens is 1. The Morgan fingerprint density at radius 3 is 2.56 bits per heavy atom. The number of aromatic amines is 1. The molecule has 0 spiro atoms. The number of fused-ring (bicyclic) bond motifs is 2. The highest BCUT2D eigenvalue weighted by Crippen LogP contribution is 2.40. The smallest absolute Gasteiger partial charge is 0.256 e. The minimum atomic E-state index is -0.251. The van der Waals surface area contributed by atoms with Gasteiger partial charge in [0.25, 0.3) is 5.91 Å². The van der Waals surface area contributed by atoms with Crippen molar-refractivity contribution < 1.29 is 9.18 Å². The first-order valence-corrected chi connectivity index (χ1v) is 13.3. The number of amides is 1. The monoisotopic (exact) mass is 521 g/mol. The minimum absolute atomic E-state index is 0.0495. The molecule has 1 aliphatic heterocycles. The van der Waals surface area contributed by atoms with Gasteiger partial charge in [-0.3, -0.25) is 4.79 Å². The molecule has 0 atom stereocenters. The Bertz CT molecular complexity index is 1700. The highest BCUT2D eigenvalue weighted by molar-refractivity contribution is 6.06. The molecule has 1 amide bonds. The predicted octanol–water partition coefficient (Wildman–Crippen LogP) is 5.54. The fourth-order valence-corrected chi connectivity index (χ4v) is 5.31. The number of piperazine rings is 1. The van der Waals surface area contributed by atoms with Gasteiger partial charge in [0.05, 0.1) is 16.6 Å². The lowest BCUT2D eigenvalue weighted by molar-refractivity contribution is 0.0748. The Labute approximate surface area is 224 Å². The second-order valence-corrected chi connectivity index (χ2v) is 10.4. The molecule has 7 rings (SSSR count). The first-order chi connectivity index (χ1) is 19.0. The van der Waals surface area contributed by atoms with E-state index in [9.17, 15) is 9.18 Å². The third-order valence-corrected chi connectivity index (χ3v) is 7.63. The van der Waals surface area contributed by atoms with Gasteiger partial charge in [-0.15, -0.1) is 0 Å².